The van der Waals surface area contributed by atoms with Gasteiger partial charge in [0.2, 0.25) is 5.91 Å². The molecule has 0 unspecified atom stereocenters. The average Bonchev–Trinajstić information content (AvgIpc) is 2.31. The summed E-state index contributed by atoms with van der Waals surface area (Å²) in [5.74, 6) is 0.160. The minimum atomic E-state index is -0.869. The molecule has 1 aromatic carbocycles. The first-order valence-corrected chi connectivity index (χ1v) is 5.63. The lowest BCUT2D eigenvalue weighted by atomic mass is 10.2. The molecule has 6 nitrogen and oxygen atoms in total. The van der Waals surface area contributed by atoms with Gasteiger partial charge >= 0.3 is 6.03 Å². The molecule has 0 aliphatic carbocycles. The van der Waals surface area contributed by atoms with Gasteiger partial charge < -0.3 is 15.8 Å². The summed E-state index contributed by atoms with van der Waals surface area (Å²) in [6.07, 6.45) is 0. The summed E-state index contributed by atoms with van der Waals surface area (Å²) in [5, 5.41) is 4.97. The number of amides is 3. The number of para-hydroxylation sites is 2. The quantitative estimate of drug-likeness (QED) is 0.730. The molecule has 3 amide bonds. The van der Waals surface area contributed by atoms with Crippen LogP contribution < -0.4 is 21.1 Å². The Hall–Kier alpha value is -2.24. The average molecular weight is 251 g/mol. The van der Waals surface area contributed by atoms with Crippen LogP contribution >= 0.6 is 0 Å². The van der Waals surface area contributed by atoms with Crippen LogP contribution in [0.3, 0.4) is 0 Å². The standard InChI is InChI=1S/C12H17N3O3/c1-3-18-10-7-5-4-6-9(10)14-8(2)11(16)15-12(13)17/h4-8,14H,3H2,1-2H3,(H3,13,15,16,17)/t8-/m0/s1. The lowest BCUT2D eigenvalue weighted by Crippen LogP contribution is -2.43. The molecule has 1 aromatic rings. The molecule has 0 radical (unpaired) electrons. The Morgan fingerprint density at radius 3 is 2.67 bits per heavy atom. The highest BCUT2D eigenvalue weighted by Crippen LogP contribution is 2.24. The van der Waals surface area contributed by atoms with Crippen LogP contribution in [0.5, 0.6) is 5.75 Å². The zero-order valence-corrected chi connectivity index (χ0v) is 10.4. The molecule has 0 saturated carbocycles. The van der Waals surface area contributed by atoms with Crippen LogP contribution in [0.2, 0.25) is 0 Å². The van der Waals surface area contributed by atoms with Gasteiger partial charge in [-0.3, -0.25) is 10.1 Å². The van der Waals surface area contributed by atoms with Gasteiger partial charge in [-0.1, -0.05) is 12.1 Å². The second-order valence-corrected chi connectivity index (χ2v) is 3.65. The maximum Gasteiger partial charge on any atom is 0.318 e. The Kier molecular flexibility index (Phi) is 4.98. The van der Waals surface area contributed by atoms with E-state index in [1.165, 1.54) is 0 Å². The van der Waals surface area contributed by atoms with Crippen LogP contribution in [0.15, 0.2) is 24.3 Å². The number of primary amides is 1. The van der Waals surface area contributed by atoms with Gasteiger partial charge in [-0.25, -0.2) is 4.79 Å². The van der Waals surface area contributed by atoms with Gasteiger partial charge in [0.25, 0.3) is 0 Å². The molecule has 0 bridgehead atoms. The van der Waals surface area contributed by atoms with Crippen molar-refractivity contribution in [1.29, 1.82) is 0 Å². The van der Waals surface area contributed by atoms with E-state index in [2.05, 4.69) is 5.32 Å². The van der Waals surface area contributed by atoms with Gasteiger partial charge in [-0.15, -0.1) is 0 Å². The maximum absolute atomic E-state index is 11.5. The number of imide groups is 1. The van der Waals surface area contributed by atoms with Crippen molar-refractivity contribution < 1.29 is 14.3 Å². The van der Waals surface area contributed by atoms with E-state index >= 15 is 0 Å². The van der Waals surface area contributed by atoms with Gasteiger partial charge in [0.15, 0.2) is 0 Å². The van der Waals surface area contributed by atoms with Gasteiger partial charge in [-0.05, 0) is 26.0 Å². The first-order chi connectivity index (χ1) is 8.54. The molecule has 0 saturated heterocycles. The summed E-state index contributed by atoms with van der Waals surface area (Å²) in [6.45, 7) is 4.03. The third-order valence-corrected chi connectivity index (χ3v) is 2.20. The fourth-order valence-corrected chi connectivity index (χ4v) is 1.40. The molecule has 4 N–H and O–H groups in total. The van der Waals surface area contributed by atoms with Crippen molar-refractivity contribution in [3.63, 3.8) is 0 Å². The largest absolute Gasteiger partial charge is 0.492 e. The zero-order valence-electron chi connectivity index (χ0n) is 10.4. The molecule has 0 aliphatic rings. The molecule has 0 spiro atoms. The summed E-state index contributed by atoms with van der Waals surface area (Å²) in [6, 6.07) is 5.78. The third-order valence-electron chi connectivity index (χ3n) is 2.20. The number of nitrogens with two attached hydrogens (primary N) is 1. The van der Waals surface area contributed by atoms with Crippen LogP contribution in [0.4, 0.5) is 10.5 Å². The number of carbonyl (C=O) groups is 2. The van der Waals surface area contributed by atoms with Crippen LogP contribution in [0.25, 0.3) is 0 Å². The number of carbonyl (C=O) groups excluding carboxylic acids is 2. The van der Waals surface area contributed by atoms with E-state index in [9.17, 15) is 9.59 Å². The van der Waals surface area contributed by atoms with E-state index in [0.29, 0.717) is 18.0 Å². The Morgan fingerprint density at radius 2 is 2.06 bits per heavy atom. The van der Waals surface area contributed by atoms with Crippen LogP contribution in [-0.2, 0) is 4.79 Å². The second-order valence-electron chi connectivity index (χ2n) is 3.65. The minimum absolute atomic E-state index is 0.492. The Labute approximate surface area is 105 Å². The molecule has 0 fully saturated rings. The number of anilines is 1. The van der Waals surface area contributed by atoms with E-state index in [4.69, 9.17) is 10.5 Å². The second kappa shape index (κ2) is 6.48. The van der Waals surface area contributed by atoms with Crippen LogP contribution in [0, 0.1) is 0 Å². The Balaban J connectivity index is 2.71. The van der Waals surface area contributed by atoms with Gasteiger partial charge in [0.1, 0.15) is 11.8 Å². The molecule has 1 atom stereocenters. The summed E-state index contributed by atoms with van der Waals surface area (Å²) < 4.78 is 5.41. The highest BCUT2D eigenvalue weighted by Gasteiger charge is 2.15. The summed E-state index contributed by atoms with van der Waals surface area (Å²) >= 11 is 0. The van der Waals surface area contributed by atoms with Crippen molar-refractivity contribution >= 4 is 17.6 Å². The van der Waals surface area contributed by atoms with E-state index in [0.717, 1.165) is 0 Å². The molecule has 0 aliphatic heterocycles. The van der Waals surface area contributed by atoms with E-state index in [1.54, 1.807) is 19.1 Å². The Bertz CT molecular complexity index is 434. The van der Waals surface area contributed by atoms with E-state index in [-0.39, 0.29) is 0 Å². The first-order valence-electron chi connectivity index (χ1n) is 5.63. The fraction of sp³-hybridized carbons (Fsp3) is 0.333. The Morgan fingerprint density at radius 1 is 1.39 bits per heavy atom. The van der Waals surface area contributed by atoms with E-state index < -0.39 is 18.0 Å². The SMILES string of the molecule is CCOc1ccccc1N[C@@H](C)C(=O)NC(N)=O. The maximum atomic E-state index is 11.5. The normalized spacial score (nSPS) is 11.4. The molecule has 6 heteroatoms. The van der Waals surface area contributed by atoms with Crippen LogP contribution in [-0.4, -0.2) is 24.6 Å². The van der Waals surface area contributed by atoms with Crippen molar-refractivity contribution in [3.8, 4) is 5.75 Å². The lowest BCUT2D eigenvalue weighted by Gasteiger charge is -2.16. The fourth-order valence-electron chi connectivity index (χ4n) is 1.40. The van der Waals surface area contributed by atoms with Crippen molar-refractivity contribution in [2.45, 2.75) is 19.9 Å². The van der Waals surface area contributed by atoms with Gasteiger partial charge in [0.05, 0.1) is 12.3 Å². The molecular formula is C12H17N3O3. The molecule has 0 aromatic heterocycles. The number of hydrogen-bond acceptors (Lipinski definition) is 4. The highest BCUT2D eigenvalue weighted by atomic mass is 16.5. The molecule has 0 heterocycles. The zero-order chi connectivity index (χ0) is 13.5. The minimum Gasteiger partial charge on any atom is -0.492 e. The number of benzene rings is 1. The van der Waals surface area contributed by atoms with E-state index in [1.807, 2.05) is 24.4 Å². The predicted molar refractivity (Wildman–Crippen MR) is 68.4 cm³/mol. The number of rotatable bonds is 5. The molecule has 98 valence electrons. The number of urea groups is 1. The van der Waals surface area contributed by atoms with Crippen molar-refractivity contribution in [2.24, 2.45) is 5.73 Å². The number of nitrogens with one attached hydrogen (secondary N) is 2. The number of hydrogen-bond donors (Lipinski definition) is 3. The van der Waals surface area contributed by atoms with Gasteiger partial charge in [-0.2, -0.15) is 0 Å². The van der Waals surface area contributed by atoms with Crippen LogP contribution in [0.1, 0.15) is 13.8 Å². The molecule has 1 rings (SSSR count). The predicted octanol–water partition coefficient (Wildman–Crippen LogP) is 1.08. The molecule has 18 heavy (non-hydrogen) atoms. The summed E-state index contributed by atoms with van der Waals surface area (Å²) in [7, 11) is 0. The van der Waals surface area contributed by atoms with Gasteiger partial charge in [0, 0.05) is 0 Å². The number of ether oxygens (including phenoxy) is 1. The lowest BCUT2D eigenvalue weighted by molar-refractivity contribution is -0.120. The third kappa shape index (κ3) is 3.97. The van der Waals surface area contributed by atoms with Crippen molar-refractivity contribution in [2.75, 3.05) is 11.9 Å². The summed E-state index contributed by atoms with van der Waals surface area (Å²) in [5.41, 5.74) is 5.57. The van der Waals surface area contributed by atoms with Crippen molar-refractivity contribution in [3.05, 3.63) is 24.3 Å². The smallest absolute Gasteiger partial charge is 0.318 e. The van der Waals surface area contributed by atoms with Crippen molar-refractivity contribution in [1.82, 2.24) is 5.32 Å². The first kappa shape index (κ1) is 13.8. The monoisotopic (exact) mass is 251 g/mol. The highest BCUT2D eigenvalue weighted by molar-refractivity contribution is 5.97. The topological polar surface area (TPSA) is 93.4 Å². The summed E-state index contributed by atoms with van der Waals surface area (Å²) in [4.78, 5) is 22.1. The molecular weight excluding hydrogens is 234 g/mol.